The van der Waals surface area contributed by atoms with Gasteiger partial charge in [0.05, 0.1) is 13.7 Å². The predicted octanol–water partition coefficient (Wildman–Crippen LogP) is 4.61. The van der Waals surface area contributed by atoms with Gasteiger partial charge in [-0.15, -0.1) is 24.0 Å². The van der Waals surface area contributed by atoms with Crippen molar-refractivity contribution in [2.75, 3.05) is 39.9 Å². The molecule has 1 saturated heterocycles. The van der Waals surface area contributed by atoms with Crippen molar-refractivity contribution < 1.29 is 9.47 Å². The van der Waals surface area contributed by atoms with Crippen LogP contribution in [0.4, 0.5) is 0 Å². The summed E-state index contributed by atoms with van der Waals surface area (Å²) in [4.78, 5) is 7.56. The summed E-state index contributed by atoms with van der Waals surface area (Å²) in [7, 11) is 1.68. The van der Waals surface area contributed by atoms with Crippen LogP contribution in [-0.2, 0) is 6.42 Å². The van der Waals surface area contributed by atoms with E-state index in [4.69, 9.17) is 14.5 Å². The number of aliphatic imine (C=N–C) groups is 1. The molecule has 7 heteroatoms. The topological polar surface area (TPSA) is 58.1 Å². The number of likely N-dealkylation sites (tertiary alicyclic amines) is 1. The molecule has 0 unspecified atom stereocenters. The van der Waals surface area contributed by atoms with Crippen LogP contribution in [0.2, 0.25) is 0 Å². The molecule has 2 N–H and O–H groups in total. The molecule has 0 spiro atoms. The minimum atomic E-state index is 0. The summed E-state index contributed by atoms with van der Waals surface area (Å²) in [5.74, 6) is 2.58. The number of rotatable bonds is 10. The monoisotopic (exact) mass is 558 g/mol. The van der Waals surface area contributed by atoms with Gasteiger partial charge in [-0.05, 0) is 70.1 Å². The number of methoxy groups -OCH3 is 1. The van der Waals surface area contributed by atoms with Crippen LogP contribution in [0.5, 0.6) is 11.5 Å². The number of guanidine groups is 1. The third-order valence-electron chi connectivity index (χ3n) is 6.48. The Morgan fingerprint density at radius 1 is 1.09 bits per heavy atom. The summed E-state index contributed by atoms with van der Waals surface area (Å²) in [6, 6.07) is 7.59. The third-order valence-corrected chi connectivity index (χ3v) is 6.48. The van der Waals surface area contributed by atoms with Crippen molar-refractivity contribution in [3.05, 3.63) is 23.8 Å². The van der Waals surface area contributed by atoms with Crippen LogP contribution in [0.1, 0.15) is 64.4 Å². The van der Waals surface area contributed by atoms with Gasteiger partial charge >= 0.3 is 0 Å². The quantitative estimate of drug-likeness (QED) is 0.190. The average Bonchev–Trinajstić information content (AvgIpc) is 3.33. The Morgan fingerprint density at radius 3 is 2.50 bits per heavy atom. The van der Waals surface area contributed by atoms with Gasteiger partial charge in [0.25, 0.3) is 0 Å². The minimum absolute atomic E-state index is 0. The Morgan fingerprint density at radius 2 is 1.84 bits per heavy atom. The van der Waals surface area contributed by atoms with E-state index in [1.54, 1.807) is 7.11 Å². The van der Waals surface area contributed by atoms with E-state index in [1.165, 1.54) is 57.2 Å². The second-order valence-corrected chi connectivity index (χ2v) is 8.68. The summed E-state index contributed by atoms with van der Waals surface area (Å²) in [5.41, 5.74) is 1.26. The molecule has 0 aromatic heterocycles. The van der Waals surface area contributed by atoms with Crippen LogP contribution in [0.3, 0.4) is 0 Å². The van der Waals surface area contributed by atoms with Crippen LogP contribution in [0.25, 0.3) is 0 Å². The van der Waals surface area contributed by atoms with Crippen molar-refractivity contribution in [3.63, 3.8) is 0 Å². The zero-order chi connectivity index (χ0) is 21.9. The number of ether oxygens (including phenoxy) is 2. The van der Waals surface area contributed by atoms with Crippen molar-refractivity contribution in [1.29, 1.82) is 0 Å². The molecule has 0 bridgehead atoms. The summed E-state index contributed by atoms with van der Waals surface area (Å²) < 4.78 is 11.1. The maximum absolute atomic E-state index is 5.69. The zero-order valence-corrected chi connectivity index (χ0v) is 22.5. The Kier molecular flexibility index (Phi) is 12.5. The molecule has 0 atom stereocenters. The molecular weight excluding hydrogens is 515 g/mol. The number of nitrogens with one attached hydrogen (secondary N) is 2. The Bertz CT molecular complexity index is 687. The highest BCUT2D eigenvalue weighted by Gasteiger charge is 2.27. The highest BCUT2D eigenvalue weighted by atomic mass is 127. The second-order valence-electron chi connectivity index (χ2n) is 8.68. The second kappa shape index (κ2) is 14.8. The number of hydrogen-bond donors (Lipinski definition) is 2. The average molecular weight is 559 g/mol. The van der Waals surface area contributed by atoms with Crippen molar-refractivity contribution in [1.82, 2.24) is 15.5 Å². The Labute approximate surface area is 211 Å². The van der Waals surface area contributed by atoms with Crippen LogP contribution >= 0.6 is 24.0 Å². The van der Waals surface area contributed by atoms with E-state index >= 15 is 0 Å². The van der Waals surface area contributed by atoms with E-state index in [0.717, 1.165) is 49.4 Å². The Hall–Kier alpha value is -1.22. The summed E-state index contributed by atoms with van der Waals surface area (Å²) in [6.45, 7) is 8.92. The van der Waals surface area contributed by atoms with Crippen LogP contribution < -0.4 is 20.1 Å². The molecule has 32 heavy (non-hydrogen) atoms. The maximum atomic E-state index is 5.69. The molecule has 1 aliphatic heterocycles. The van der Waals surface area contributed by atoms with E-state index in [0.29, 0.717) is 12.6 Å². The molecule has 0 amide bonds. The first-order valence-corrected chi connectivity index (χ1v) is 12.3. The summed E-state index contributed by atoms with van der Waals surface area (Å²) >= 11 is 0. The van der Waals surface area contributed by atoms with Gasteiger partial charge in [-0.3, -0.25) is 4.99 Å². The highest BCUT2D eigenvalue weighted by molar-refractivity contribution is 14.0. The fourth-order valence-electron chi connectivity index (χ4n) is 4.81. The van der Waals surface area contributed by atoms with Crippen molar-refractivity contribution in [2.24, 2.45) is 4.99 Å². The normalized spacial score (nSPS) is 18.3. The van der Waals surface area contributed by atoms with Gasteiger partial charge < -0.3 is 25.0 Å². The zero-order valence-electron chi connectivity index (χ0n) is 20.2. The molecule has 2 fully saturated rings. The first-order valence-electron chi connectivity index (χ1n) is 12.3. The smallest absolute Gasteiger partial charge is 0.191 e. The number of nitrogens with zero attached hydrogens (tertiary/aromatic N) is 2. The van der Waals surface area contributed by atoms with E-state index in [2.05, 4.69) is 34.6 Å². The lowest BCUT2D eigenvalue weighted by Crippen LogP contribution is -2.50. The van der Waals surface area contributed by atoms with Crippen molar-refractivity contribution >= 4 is 29.9 Å². The van der Waals surface area contributed by atoms with Gasteiger partial charge in [0, 0.05) is 38.3 Å². The molecule has 1 aliphatic carbocycles. The van der Waals surface area contributed by atoms with Gasteiger partial charge in [-0.1, -0.05) is 18.9 Å². The number of hydrogen-bond acceptors (Lipinski definition) is 4. The number of piperidine rings is 1. The van der Waals surface area contributed by atoms with E-state index in [9.17, 15) is 0 Å². The van der Waals surface area contributed by atoms with Crippen LogP contribution in [0, 0.1) is 0 Å². The van der Waals surface area contributed by atoms with Gasteiger partial charge in [0.1, 0.15) is 0 Å². The van der Waals surface area contributed by atoms with E-state index in [1.807, 2.05) is 13.0 Å². The lowest BCUT2D eigenvalue weighted by Gasteiger charge is -2.36. The molecule has 3 rings (SSSR count). The molecule has 1 saturated carbocycles. The first kappa shape index (κ1) is 27.0. The predicted molar refractivity (Wildman–Crippen MR) is 144 cm³/mol. The largest absolute Gasteiger partial charge is 0.493 e. The van der Waals surface area contributed by atoms with Gasteiger partial charge in [0.15, 0.2) is 17.5 Å². The van der Waals surface area contributed by atoms with E-state index < -0.39 is 0 Å². The standard InChI is InChI=1S/C25H42N4O2.HI/c1-4-26-25(28-21-14-17-29(18-15-21)22-10-6-7-11-22)27-16-8-9-20-12-13-23(30-3)24(19-20)31-5-2;/h12-13,19,21-22H,4-11,14-18H2,1-3H3,(H2,26,27,28);1H. The summed E-state index contributed by atoms with van der Waals surface area (Å²) in [5, 5.41) is 7.11. The third kappa shape index (κ3) is 8.28. The fraction of sp³-hybridized carbons (Fsp3) is 0.720. The lowest BCUT2D eigenvalue weighted by molar-refractivity contribution is 0.150. The number of aryl methyl sites for hydroxylation is 1. The van der Waals surface area contributed by atoms with Crippen molar-refractivity contribution in [2.45, 2.75) is 77.3 Å². The molecule has 1 aromatic carbocycles. The van der Waals surface area contributed by atoms with Crippen LogP contribution in [-0.4, -0.2) is 62.8 Å². The van der Waals surface area contributed by atoms with Gasteiger partial charge in [-0.25, -0.2) is 0 Å². The SMILES string of the molecule is CCNC(=NCCCc1ccc(OC)c(OCC)c1)NC1CCN(C2CCCC2)CC1.I. The Balaban J connectivity index is 0.00000363. The molecule has 2 aliphatic rings. The molecule has 6 nitrogen and oxygen atoms in total. The fourth-order valence-corrected chi connectivity index (χ4v) is 4.81. The maximum Gasteiger partial charge on any atom is 0.191 e. The van der Waals surface area contributed by atoms with Gasteiger partial charge in [0.2, 0.25) is 0 Å². The molecular formula is C25H43IN4O2. The van der Waals surface area contributed by atoms with Crippen LogP contribution in [0.15, 0.2) is 23.2 Å². The summed E-state index contributed by atoms with van der Waals surface area (Å²) in [6.07, 6.45) is 10.1. The molecule has 1 aromatic rings. The first-order chi connectivity index (χ1) is 15.2. The minimum Gasteiger partial charge on any atom is -0.493 e. The lowest BCUT2D eigenvalue weighted by atomic mass is 10.0. The number of benzene rings is 1. The molecule has 182 valence electrons. The van der Waals surface area contributed by atoms with E-state index in [-0.39, 0.29) is 24.0 Å². The van der Waals surface area contributed by atoms with Crippen molar-refractivity contribution in [3.8, 4) is 11.5 Å². The highest BCUT2D eigenvalue weighted by Crippen LogP contribution is 2.28. The molecule has 1 heterocycles. The van der Waals surface area contributed by atoms with Gasteiger partial charge in [-0.2, -0.15) is 0 Å². The number of halogens is 1. The molecule has 0 radical (unpaired) electrons.